The number of hydrogen-bond acceptors (Lipinski definition) is 4. The van der Waals surface area contributed by atoms with Crippen LogP contribution in [0.15, 0.2) is 24.3 Å². The van der Waals surface area contributed by atoms with E-state index in [1.54, 1.807) is 0 Å². The lowest BCUT2D eigenvalue weighted by molar-refractivity contribution is -0.0649. The highest BCUT2D eigenvalue weighted by atomic mass is 19.3. The number of hydrogen-bond donors (Lipinski definition) is 0. The molecule has 0 bridgehead atoms. The van der Waals surface area contributed by atoms with Crippen molar-refractivity contribution in [1.82, 2.24) is 9.78 Å². The number of esters is 1. The Bertz CT molecular complexity index is 789. The molecule has 2 aromatic rings. The Morgan fingerprint density at radius 3 is 2.42 bits per heavy atom. The third kappa shape index (κ3) is 2.40. The third-order valence-electron chi connectivity index (χ3n) is 3.99. The van der Waals surface area contributed by atoms with Crippen molar-refractivity contribution in [1.29, 1.82) is 0 Å². The molecule has 5 nitrogen and oxygen atoms in total. The van der Waals surface area contributed by atoms with Crippen LogP contribution < -0.4 is 4.90 Å². The van der Waals surface area contributed by atoms with Gasteiger partial charge in [0, 0.05) is 0 Å². The van der Waals surface area contributed by atoms with Gasteiger partial charge in [-0.25, -0.2) is 27.0 Å². The van der Waals surface area contributed by atoms with Crippen molar-refractivity contribution < 1.29 is 27.1 Å². The molecule has 0 saturated carbocycles. The van der Waals surface area contributed by atoms with Gasteiger partial charge in [-0.05, 0) is 31.2 Å². The molecule has 1 fully saturated rings. The average Bonchev–Trinajstić information content (AvgIpc) is 2.89. The minimum atomic E-state index is -2.98. The molecular formula is C15H13F4N3O2. The molecule has 0 N–H and O–H groups in total. The molecule has 24 heavy (non-hydrogen) atoms. The van der Waals surface area contributed by atoms with E-state index in [0.717, 1.165) is 28.8 Å². The lowest BCUT2D eigenvalue weighted by Gasteiger charge is -2.46. The fourth-order valence-electron chi connectivity index (χ4n) is 2.50. The summed E-state index contributed by atoms with van der Waals surface area (Å²) in [7, 11) is 1.05. The molecule has 1 aliphatic rings. The molecular weight excluding hydrogens is 330 g/mol. The van der Waals surface area contributed by atoms with Gasteiger partial charge in [0.15, 0.2) is 5.82 Å². The number of halogens is 4. The smallest absolute Gasteiger partial charge is 0.361 e. The zero-order valence-corrected chi connectivity index (χ0v) is 12.8. The molecule has 0 unspecified atom stereocenters. The maximum atomic E-state index is 14.6. The number of aromatic nitrogens is 2. The van der Waals surface area contributed by atoms with Crippen LogP contribution in [0.1, 0.15) is 17.4 Å². The number of alkyl halides is 2. The summed E-state index contributed by atoms with van der Waals surface area (Å²) in [5.41, 5.74) is -0.401. The van der Waals surface area contributed by atoms with Crippen LogP contribution >= 0.6 is 0 Å². The predicted octanol–water partition coefficient (Wildman–Crippen LogP) is 2.78. The minimum Gasteiger partial charge on any atom is -0.464 e. The molecule has 1 saturated heterocycles. The van der Waals surface area contributed by atoms with Crippen LogP contribution in [0.25, 0.3) is 5.69 Å². The van der Waals surface area contributed by atoms with Gasteiger partial charge in [0.1, 0.15) is 5.82 Å². The summed E-state index contributed by atoms with van der Waals surface area (Å²) in [5, 5.41) is 3.82. The van der Waals surface area contributed by atoms with Crippen molar-refractivity contribution in [2.45, 2.75) is 18.9 Å². The molecule has 0 amide bonds. The lowest BCUT2D eigenvalue weighted by Crippen LogP contribution is -2.64. The summed E-state index contributed by atoms with van der Waals surface area (Å²) in [6.07, 6.45) is 0. The summed E-state index contributed by atoms with van der Waals surface area (Å²) in [6, 6.07) is 3.56. The zero-order chi connectivity index (χ0) is 17.6. The number of nitrogens with zero attached hydrogens (tertiary/aromatic N) is 3. The molecule has 2 heterocycles. The van der Waals surface area contributed by atoms with E-state index >= 15 is 0 Å². The number of benzene rings is 1. The van der Waals surface area contributed by atoms with Crippen molar-refractivity contribution in [3.05, 3.63) is 41.6 Å². The van der Waals surface area contributed by atoms with E-state index < -0.39 is 41.8 Å². The number of methoxy groups -OCH3 is 1. The van der Waals surface area contributed by atoms with Gasteiger partial charge in [0.25, 0.3) is 5.92 Å². The number of carbonyl (C=O) groups is 1. The Hall–Kier alpha value is -2.58. The number of ether oxygens (including phenoxy) is 1. The normalized spacial score (nSPS) is 19.1. The number of anilines is 1. The topological polar surface area (TPSA) is 47.4 Å². The first-order valence-corrected chi connectivity index (χ1v) is 7.03. The van der Waals surface area contributed by atoms with Crippen LogP contribution in [0.2, 0.25) is 0 Å². The van der Waals surface area contributed by atoms with E-state index in [9.17, 15) is 22.4 Å². The second kappa shape index (κ2) is 5.50. The largest absolute Gasteiger partial charge is 0.464 e. The number of rotatable bonds is 3. The van der Waals surface area contributed by atoms with Gasteiger partial charge >= 0.3 is 5.97 Å². The van der Waals surface area contributed by atoms with Gasteiger partial charge in [-0.1, -0.05) is 0 Å². The van der Waals surface area contributed by atoms with Crippen molar-refractivity contribution >= 4 is 11.8 Å². The number of carbonyl (C=O) groups excluding carboxylic acids is 1. The van der Waals surface area contributed by atoms with Gasteiger partial charge in [-0.3, -0.25) is 0 Å². The molecule has 9 heteroatoms. The maximum Gasteiger partial charge on any atom is 0.361 e. The highest BCUT2D eigenvalue weighted by Crippen LogP contribution is 2.40. The van der Waals surface area contributed by atoms with Crippen molar-refractivity contribution in [3.63, 3.8) is 0 Å². The summed E-state index contributed by atoms with van der Waals surface area (Å²) >= 11 is 0. The van der Waals surface area contributed by atoms with Crippen molar-refractivity contribution in [2.24, 2.45) is 0 Å². The van der Waals surface area contributed by atoms with Crippen LogP contribution in [0.4, 0.5) is 23.4 Å². The highest BCUT2D eigenvalue weighted by molar-refractivity contribution is 5.89. The molecule has 1 aromatic heterocycles. The predicted molar refractivity (Wildman–Crippen MR) is 76.6 cm³/mol. The van der Waals surface area contributed by atoms with Crippen LogP contribution in [-0.2, 0) is 4.74 Å². The SMILES string of the molecule is COC(=O)c1nn(-c2ccc(F)cc2)c(N2CC(F)(F)[C@H]2C)c1F. The standard InChI is InChI=1S/C15H13F4N3O2/c1-8-15(18,19)7-21(8)13-11(17)12(14(23)24-2)20-22(13)10-5-3-9(16)4-6-10/h3-6,8H,7H2,1-2H3/t8-/m1/s1. The minimum absolute atomic E-state index is 0.225. The molecule has 0 radical (unpaired) electrons. The van der Waals surface area contributed by atoms with Crippen molar-refractivity contribution in [2.75, 3.05) is 18.6 Å². The maximum absolute atomic E-state index is 14.6. The van der Waals surface area contributed by atoms with Crippen LogP contribution in [-0.4, -0.2) is 41.4 Å². The Kier molecular flexibility index (Phi) is 3.73. The Labute approximate surface area is 134 Å². The van der Waals surface area contributed by atoms with Crippen LogP contribution in [0, 0.1) is 11.6 Å². The monoisotopic (exact) mass is 343 g/mol. The molecule has 128 valence electrons. The molecule has 3 rings (SSSR count). The van der Waals surface area contributed by atoms with Gasteiger partial charge < -0.3 is 9.64 Å². The van der Waals surface area contributed by atoms with Crippen LogP contribution in [0.5, 0.6) is 0 Å². The highest BCUT2D eigenvalue weighted by Gasteiger charge is 2.54. The van der Waals surface area contributed by atoms with Crippen molar-refractivity contribution in [3.8, 4) is 5.69 Å². The molecule has 1 atom stereocenters. The van der Waals surface area contributed by atoms with Gasteiger partial charge in [0.05, 0.1) is 25.4 Å². The Morgan fingerprint density at radius 1 is 1.29 bits per heavy atom. The summed E-state index contributed by atoms with van der Waals surface area (Å²) in [4.78, 5) is 12.8. The first-order valence-electron chi connectivity index (χ1n) is 7.03. The molecule has 0 spiro atoms. The first-order chi connectivity index (χ1) is 11.3. The fourth-order valence-corrected chi connectivity index (χ4v) is 2.50. The van der Waals surface area contributed by atoms with Gasteiger partial charge in [-0.15, -0.1) is 0 Å². The van der Waals surface area contributed by atoms with E-state index in [2.05, 4.69) is 9.84 Å². The Balaban J connectivity index is 2.13. The van der Waals surface area contributed by atoms with E-state index in [1.165, 1.54) is 19.1 Å². The second-order valence-corrected chi connectivity index (χ2v) is 5.43. The van der Waals surface area contributed by atoms with E-state index in [0.29, 0.717) is 0 Å². The quantitative estimate of drug-likeness (QED) is 0.635. The molecule has 1 aromatic carbocycles. The van der Waals surface area contributed by atoms with Gasteiger partial charge in [-0.2, -0.15) is 5.10 Å². The van der Waals surface area contributed by atoms with Gasteiger partial charge in [0.2, 0.25) is 11.5 Å². The van der Waals surface area contributed by atoms with E-state index in [4.69, 9.17) is 0 Å². The van der Waals surface area contributed by atoms with E-state index in [-0.39, 0.29) is 11.5 Å². The molecule has 0 aliphatic carbocycles. The lowest BCUT2D eigenvalue weighted by atomic mass is 10.00. The summed E-state index contributed by atoms with van der Waals surface area (Å²) in [6.45, 7) is 0.529. The second-order valence-electron chi connectivity index (χ2n) is 5.43. The van der Waals surface area contributed by atoms with E-state index in [1.807, 2.05) is 0 Å². The zero-order valence-electron chi connectivity index (χ0n) is 12.8. The third-order valence-corrected chi connectivity index (χ3v) is 3.99. The Morgan fingerprint density at radius 2 is 1.92 bits per heavy atom. The first kappa shape index (κ1) is 16.3. The fraction of sp³-hybridized carbons (Fsp3) is 0.333. The summed E-state index contributed by atoms with van der Waals surface area (Å²) < 4.78 is 60.1. The van der Waals surface area contributed by atoms with Crippen LogP contribution in [0.3, 0.4) is 0 Å². The summed E-state index contributed by atoms with van der Waals surface area (Å²) in [5.74, 6) is -5.89. The molecule has 1 aliphatic heterocycles. The average molecular weight is 343 g/mol.